The number of aromatic nitrogens is 2. The average Bonchev–Trinajstić information content (AvgIpc) is 2.66. The van der Waals surface area contributed by atoms with Gasteiger partial charge in [-0.1, -0.05) is 24.3 Å². The van der Waals surface area contributed by atoms with E-state index in [0.29, 0.717) is 0 Å². The highest BCUT2D eigenvalue weighted by molar-refractivity contribution is 6.01. The Kier molecular flexibility index (Phi) is 3.73. The summed E-state index contributed by atoms with van der Waals surface area (Å²) in [5.74, 6) is 0. The van der Waals surface area contributed by atoms with Crippen molar-refractivity contribution < 1.29 is 9.13 Å². The summed E-state index contributed by atoms with van der Waals surface area (Å²) in [6.45, 7) is 6.33. The highest BCUT2D eigenvalue weighted by Gasteiger charge is 2.17. The standard InChI is InChI=1S/C22H22N2/c1-3-23-15-13-17(19-9-5-7-11-21(19)23)18-14-16-24(4-2)22-12-8-6-10-20(18)22/h5-16H,3-4H2,1-2H3/q+2. The Morgan fingerprint density at radius 2 is 1.00 bits per heavy atom. The highest BCUT2D eigenvalue weighted by atomic mass is 14.9. The lowest BCUT2D eigenvalue weighted by Crippen LogP contribution is -2.33. The molecular weight excluding hydrogens is 292 g/mol. The minimum atomic E-state index is 0.978. The van der Waals surface area contributed by atoms with Crippen molar-refractivity contribution in [1.29, 1.82) is 0 Å². The minimum Gasteiger partial charge on any atom is -0.199 e. The topological polar surface area (TPSA) is 7.76 Å². The van der Waals surface area contributed by atoms with E-state index in [4.69, 9.17) is 0 Å². The van der Waals surface area contributed by atoms with Gasteiger partial charge in [0.2, 0.25) is 11.0 Å². The van der Waals surface area contributed by atoms with Gasteiger partial charge in [-0.3, -0.25) is 0 Å². The van der Waals surface area contributed by atoms with Crippen molar-refractivity contribution >= 4 is 21.8 Å². The van der Waals surface area contributed by atoms with E-state index in [1.54, 1.807) is 0 Å². The first kappa shape index (κ1) is 14.8. The SMILES string of the molecule is CC[n+]1ccc(-c2cc[n+](CC)c3ccccc23)c2ccccc21. The van der Waals surface area contributed by atoms with Crippen LogP contribution in [0.2, 0.25) is 0 Å². The van der Waals surface area contributed by atoms with Crippen LogP contribution in [0.5, 0.6) is 0 Å². The van der Waals surface area contributed by atoms with Gasteiger partial charge in [0.15, 0.2) is 12.4 Å². The van der Waals surface area contributed by atoms with Crippen LogP contribution >= 0.6 is 0 Å². The molecule has 4 aromatic rings. The number of fused-ring (bicyclic) bond motifs is 2. The zero-order valence-electron chi connectivity index (χ0n) is 14.2. The van der Waals surface area contributed by atoms with Gasteiger partial charge in [-0.25, -0.2) is 0 Å². The van der Waals surface area contributed by atoms with Crippen LogP contribution in [0.4, 0.5) is 0 Å². The molecule has 4 rings (SSSR count). The van der Waals surface area contributed by atoms with Crippen LogP contribution in [0.25, 0.3) is 32.9 Å². The Morgan fingerprint density at radius 1 is 0.583 bits per heavy atom. The minimum absolute atomic E-state index is 0.978. The Morgan fingerprint density at radius 3 is 1.42 bits per heavy atom. The summed E-state index contributed by atoms with van der Waals surface area (Å²) in [5, 5.41) is 2.61. The maximum atomic E-state index is 2.30. The lowest BCUT2D eigenvalue weighted by Gasteiger charge is -2.09. The Bertz CT molecular complexity index is 949. The molecule has 24 heavy (non-hydrogen) atoms. The molecule has 0 radical (unpaired) electrons. The molecule has 2 aromatic carbocycles. The molecule has 0 saturated carbocycles. The van der Waals surface area contributed by atoms with Crippen molar-refractivity contribution in [3.05, 3.63) is 73.1 Å². The summed E-state index contributed by atoms with van der Waals surface area (Å²) in [4.78, 5) is 0. The van der Waals surface area contributed by atoms with E-state index in [1.165, 1.54) is 32.9 Å². The van der Waals surface area contributed by atoms with Gasteiger partial charge in [-0.05, 0) is 26.0 Å². The predicted octanol–water partition coefficient (Wildman–Crippen LogP) is 4.27. The molecule has 0 spiro atoms. The third-order valence-electron chi connectivity index (χ3n) is 4.82. The number of hydrogen-bond acceptors (Lipinski definition) is 0. The second-order valence-electron chi connectivity index (χ2n) is 6.07. The number of benzene rings is 2. The van der Waals surface area contributed by atoms with Crippen molar-refractivity contribution in [3.8, 4) is 11.1 Å². The van der Waals surface area contributed by atoms with Crippen molar-refractivity contribution in [1.82, 2.24) is 0 Å². The molecule has 0 N–H and O–H groups in total. The second-order valence-corrected chi connectivity index (χ2v) is 6.07. The number of rotatable bonds is 3. The molecule has 0 bridgehead atoms. The van der Waals surface area contributed by atoms with E-state index in [1.807, 2.05) is 0 Å². The molecule has 0 aliphatic rings. The highest BCUT2D eigenvalue weighted by Crippen LogP contribution is 2.31. The lowest BCUT2D eigenvalue weighted by molar-refractivity contribution is -0.668. The number of nitrogens with zero attached hydrogens (tertiary/aromatic N) is 2. The second kappa shape index (κ2) is 6.04. The summed E-state index contributed by atoms with van der Waals surface area (Å²) in [6.07, 6.45) is 4.40. The summed E-state index contributed by atoms with van der Waals surface area (Å²) < 4.78 is 4.60. The van der Waals surface area contributed by atoms with Crippen molar-refractivity contribution in [2.75, 3.05) is 0 Å². The van der Waals surface area contributed by atoms with Gasteiger partial charge in [-0.15, -0.1) is 0 Å². The molecule has 0 atom stereocenters. The summed E-state index contributed by atoms with van der Waals surface area (Å²) >= 11 is 0. The molecule has 0 aliphatic heterocycles. The molecular formula is C22H22N2+2. The van der Waals surface area contributed by atoms with E-state index in [9.17, 15) is 0 Å². The fourth-order valence-electron chi connectivity index (χ4n) is 3.59. The summed E-state index contributed by atoms with van der Waals surface area (Å²) in [5.41, 5.74) is 5.17. The average molecular weight is 314 g/mol. The zero-order valence-corrected chi connectivity index (χ0v) is 14.2. The fourth-order valence-corrected chi connectivity index (χ4v) is 3.59. The number of para-hydroxylation sites is 2. The molecule has 2 heterocycles. The van der Waals surface area contributed by atoms with Crippen LogP contribution in [0.3, 0.4) is 0 Å². The largest absolute Gasteiger partial charge is 0.213 e. The predicted molar refractivity (Wildman–Crippen MR) is 98.6 cm³/mol. The molecule has 2 aromatic heterocycles. The molecule has 0 unspecified atom stereocenters. The van der Waals surface area contributed by atoms with Gasteiger partial charge in [0.1, 0.15) is 13.1 Å². The van der Waals surface area contributed by atoms with Crippen LogP contribution in [0.15, 0.2) is 73.1 Å². The van der Waals surface area contributed by atoms with Gasteiger partial charge in [0, 0.05) is 35.4 Å². The molecule has 0 saturated heterocycles. The maximum Gasteiger partial charge on any atom is 0.213 e. The monoisotopic (exact) mass is 314 g/mol. The fraction of sp³-hybridized carbons (Fsp3) is 0.182. The van der Waals surface area contributed by atoms with E-state index in [0.717, 1.165) is 13.1 Å². The molecule has 2 heteroatoms. The Labute approximate surface area is 142 Å². The quantitative estimate of drug-likeness (QED) is 0.499. The van der Waals surface area contributed by atoms with Crippen molar-refractivity contribution in [2.24, 2.45) is 0 Å². The van der Waals surface area contributed by atoms with Gasteiger partial charge in [0.25, 0.3) is 0 Å². The maximum absolute atomic E-state index is 2.30. The molecule has 0 aliphatic carbocycles. The lowest BCUT2D eigenvalue weighted by atomic mass is 9.97. The van der Waals surface area contributed by atoms with Gasteiger partial charge in [-0.2, -0.15) is 9.13 Å². The summed E-state index contributed by atoms with van der Waals surface area (Å²) in [7, 11) is 0. The van der Waals surface area contributed by atoms with E-state index < -0.39 is 0 Å². The zero-order chi connectivity index (χ0) is 16.5. The van der Waals surface area contributed by atoms with Crippen molar-refractivity contribution in [3.63, 3.8) is 0 Å². The number of pyridine rings is 2. The summed E-state index contributed by atoms with van der Waals surface area (Å²) in [6, 6.07) is 21.9. The Balaban J connectivity index is 2.08. The number of aryl methyl sites for hydroxylation is 2. The van der Waals surface area contributed by atoms with E-state index in [-0.39, 0.29) is 0 Å². The van der Waals surface area contributed by atoms with E-state index >= 15 is 0 Å². The Hall–Kier alpha value is -2.74. The molecule has 2 nitrogen and oxygen atoms in total. The molecule has 0 fully saturated rings. The normalized spacial score (nSPS) is 11.2. The van der Waals surface area contributed by atoms with Crippen LogP contribution < -0.4 is 9.13 Å². The van der Waals surface area contributed by atoms with Gasteiger partial charge in [0.05, 0.1) is 10.8 Å². The third-order valence-corrected chi connectivity index (χ3v) is 4.82. The van der Waals surface area contributed by atoms with Crippen LogP contribution in [-0.4, -0.2) is 0 Å². The van der Waals surface area contributed by atoms with Gasteiger partial charge < -0.3 is 0 Å². The van der Waals surface area contributed by atoms with E-state index in [2.05, 4.69) is 96.0 Å². The van der Waals surface area contributed by atoms with Gasteiger partial charge >= 0.3 is 0 Å². The van der Waals surface area contributed by atoms with Crippen LogP contribution in [0.1, 0.15) is 13.8 Å². The first-order valence-electron chi connectivity index (χ1n) is 8.66. The third kappa shape index (κ3) is 2.26. The van der Waals surface area contributed by atoms with Crippen LogP contribution in [0, 0.1) is 0 Å². The first-order valence-corrected chi connectivity index (χ1v) is 8.66. The molecule has 0 amide bonds. The molecule has 118 valence electrons. The van der Waals surface area contributed by atoms with Crippen LogP contribution in [-0.2, 0) is 13.1 Å². The first-order chi connectivity index (χ1) is 11.8. The van der Waals surface area contributed by atoms with Crippen molar-refractivity contribution in [2.45, 2.75) is 26.9 Å². The number of hydrogen-bond donors (Lipinski definition) is 0. The smallest absolute Gasteiger partial charge is 0.199 e.